The van der Waals surface area contributed by atoms with Crippen molar-refractivity contribution in [2.45, 2.75) is 30.7 Å². The minimum absolute atomic E-state index is 0.0271. The number of rotatable bonds is 7. The fraction of sp³-hybridized carbons (Fsp3) is 0.333. The first-order valence-corrected chi connectivity index (χ1v) is 11.9. The zero-order chi connectivity index (χ0) is 22.6. The number of amides is 1. The number of hydrogen-bond donors (Lipinski definition) is 1. The number of halogens is 2. The second kappa shape index (κ2) is 9.99. The van der Waals surface area contributed by atoms with Crippen LogP contribution in [0.1, 0.15) is 41.7 Å². The van der Waals surface area contributed by atoms with Gasteiger partial charge in [0.25, 0.3) is 5.91 Å². The Hall–Kier alpha value is -2.13. The van der Waals surface area contributed by atoms with Crippen molar-refractivity contribution in [3.63, 3.8) is 0 Å². The van der Waals surface area contributed by atoms with Crippen molar-refractivity contribution in [3.8, 4) is 0 Å². The lowest BCUT2D eigenvalue weighted by molar-refractivity contribution is -0.124. The van der Waals surface area contributed by atoms with Crippen molar-refractivity contribution in [2.75, 3.05) is 19.7 Å². The molecule has 1 aliphatic heterocycles. The summed E-state index contributed by atoms with van der Waals surface area (Å²) in [5.74, 6) is -1.31. The molecule has 1 amide bonds. The van der Waals surface area contributed by atoms with Crippen LogP contribution >= 0.6 is 23.2 Å². The standard InChI is InChI=1S/C21H22Cl2N2O5S/c1-14(18-8-7-16(22)12-19(18)23)24-20(26)13-30-21(27)15-5-4-6-17(11-15)31(28,29)25-9-2-3-10-25/h4-8,11-12,14H,2-3,9-10,13H2,1H3,(H,24,26). The summed E-state index contributed by atoms with van der Waals surface area (Å²) in [6.07, 6.45) is 1.63. The molecule has 1 N–H and O–H groups in total. The maximum absolute atomic E-state index is 12.7. The number of carbonyl (C=O) groups excluding carboxylic acids is 2. The van der Waals surface area contributed by atoms with Gasteiger partial charge in [0.1, 0.15) is 0 Å². The van der Waals surface area contributed by atoms with Gasteiger partial charge in [-0.3, -0.25) is 4.79 Å². The molecule has 0 spiro atoms. The van der Waals surface area contributed by atoms with E-state index in [9.17, 15) is 18.0 Å². The Kier molecular flexibility index (Phi) is 7.59. The highest BCUT2D eigenvalue weighted by atomic mass is 35.5. The molecule has 0 saturated carbocycles. The van der Waals surface area contributed by atoms with E-state index in [0.717, 1.165) is 12.8 Å². The highest BCUT2D eigenvalue weighted by Gasteiger charge is 2.27. The summed E-state index contributed by atoms with van der Waals surface area (Å²) in [6.45, 7) is 2.15. The van der Waals surface area contributed by atoms with Gasteiger partial charge in [0.2, 0.25) is 10.0 Å². The summed E-state index contributed by atoms with van der Waals surface area (Å²) in [5, 5.41) is 3.58. The fourth-order valence-electron chi connectivity index (χ4n) is 3.29. The van der Waals surface area contributed by atoms with Gasteiger partial charge in [-0.2, -0.15) is 4.31 Å². The van der Waals surface area contributed by atoms with Crippen LogP contribution in [-0.2, 0) is 19.6 Å². The quantitative estimate of drug-likeness (QED) is 0.603. The Morgan fingerprint density at radius 2 is 1.84 bits per heavy atom. The Bertz CT molecular complexity index is 1080. The number of esters is 1. The smallest absolute Gasteiger partial charge is 0.338 e. The average Bonchev–Trinajstić information content (AvgIpc) is 3.28. The second-order valence-corrected chi connectivity index (χ2v) is 9.95. The average molecular weight is 485 g/mol. The van der Waals surface area contributed by atoms with Crippen LogP contribution in [0.25, 0.3) is 0 Å². The van der Waals surface area contributed by atoms with Gasteiger partial charge in [-0.25, -0.2) is 13.2 Å². The van der Waals surface area contributed by atoms with E-state index in [0.29, 0.717) is 28.7 Å². The van der Waals surface area contributed by atoms with Crippen molar-refractivity contribution >= 4 is 45.1 Å². The fourth-order valence-corrected chi connectivity index (χ4v) is 5.42. The summed E-state index contributed by atoms with van der Waals surface area (Å²) in [6, 6.07) is 10.1. The number of carbonyl (C=O) groups is 2. The number of ether oxygens (including phenoxy) is 1. The third-order valence-electron chi connectivity index (χ3n) is 4.91. The topological polar surface area (TPSA) is 92.8 Å². The highest BCUT2D eigenvalue weighted by Crippen LogP contribution is 2.26. The first-order chi connectivity index (χ1) is 14.7. The van der Waals surface area contributed by atoms with E-state index in [-0.39, 0.29) is 10.5 Å². The zero-order valence-corrected chi connectivity index (χ0v) is 19.1. The predicted molar refractivity (Wildman–Crippen MR) is 118 cm³/mol. The molecule has 1 fully saturated rings. The molecule has 31 heavy (non-hydrogen) atoms. The Balaban J connectivity index is 1.60. The minimum atomic E-state index is -3.66. The summed E-state index contributed by atoms with van der Waals surface area (Å²) in [7, 11) is -3.66. The van der Waals surface area contributed by atoms with Crippen LogP contribution in [0.4, 0.5) is 0 Å². The normalized spacial score (nSPS) is 15.5. The molecule has 1 aliphatic rings. The van der Waals surface area contributed by atoms with E-state index < -0.39 is 34.5 Å². The monoisotopic (exact) mass is 484 g/mol. The molecular weight excluding hydrogens is 463 g/mol. The minimum Gasteiger partial charge on any atom is -0.452 e. The Morgan fingerprint density at radius 3 is 2.52 bits per heavy atom. The van der Waals surface area contributed by atoms with Crippen molar-refractivity contribution in [3.05, 3.63) is 63.6 Å². The van der Waals surface area contributed by atoms with Crippen molar-refractivity contribution in [1.82, 2.24) is 9.62 Å². The first-order valence-electron chi connectivity index (χ1n) is 9.70. The van der Waals surface area contributed by atoms with Crippen molar-refractivity contribution in [1.29, 1.82) is 0 Å². The Labute approximate surface area is 191 Å². The first kappa shape index (κ1) is 23.5. The lowest BCUT2D eigenvalue weighted by atomic mass is 10.1. The number of hydrogen-bond acceptors (Lipinski definition) is 5. The Morgan fingerprint density at radius 1 is 1.13 bits per heavy atom. The maximum atomic E-state index is 12.7. The van der Waals surface area contributed by atoms with Gasteiger partial charge < -0.3 is 10.1 Å². The molecule has 1 unspecified atom stereocenters. The zero-order valence-electron chi connectivity index (χ0n) is 16.8. The molecule has 3 rings (SSSR count). The van der Waals surface area contributed by atoms with E-state index in [1.165, 1.54) is 28.6 Å². The van der Waals surface area contributed by atoms with E-state index in [1.807, 2.05) is 0 Å². The number of benzene rings is 2. The van der Waals surface area contributed by atoms with Gasteiger partial charge in [0.15, 0.2) is 6.61 Å². The van der Waals surface area contributed by atoms with Crippen molar-refractivity contribution < 1.29 is 22.7 Å². The molecule has 0 aromatic heterocycles. The van der Waals surface area contributed by atoms with Gasteiger partial charge in [0.05, 0.1) is 16.5 Å². The number of nitrogens with zero attached hydrogens (tertiary/aromatic N) is 1. The molecule has 0 aliphatic carbocycles. The molecule has 10 heteroatoms. The summed E-state index contributed by atoms with van der Waals surface area (Å²) in [4.78, 5) is 24.6. The van der Waals surface area contributed by atoms with Gasteiger partial charge in [-0.15, -0.1) is 0 Å². The lowest BCUT2D eigenvalue weighted by Gasteiger charge is -2.16. The molecule has 2 aromatic rings. The van der Waals surface area contributed by atoms with E-state index >= 15 is 0 Å². The SMILES string of the molecule is CC(NC(=O)COC(=O)c1cccc(S(=O)(=O)N2CCCC2)c1)c1ccc(Cl)cc1Cl. The van der Waals surface area contributed by atoms with Crippen LogP contribution in [0, 0.1) is 0 Å². The van der Waals surface area contributed by atoms with Crippen LogP contribution < -0.4 is 5.32 Å². The molecule has 166 valence electrons. The van der Waals surface area contributed by atoms with Gasteiger partial charge in [-0.05, 0) is 55.7 Å². The van der Waals surface area contributed by atoms with Crippen LogP contribution in [0.5, 0.6) is 0 Å². The van der Waals surface area contributed by atoms with E-state index in [1.54, 1.807) is 25.1 Å². The van der Waals surface area contributed by atoms with Crippen LogP contribution in [-0.4, -0.2) is 44.3 Å². The molecule has 7 nitrogen and oxygen atoms in total. The third kappa shape index (κ3) is 5.77. The van der Waals surface area contributed by atoms with Gasteiger partial charge in [0, 0.05) is 23.1 Å². The van der Waals surface area contributed by atoms with Crippen LogP contribution in [0.15, 0.2) is 47.4 Å². The van der Waals surface area contributed by atoms with E-state index in [2.05, 4.69) is 5.32 Å². The van der Waals surface area contributed by atoms with Crippen LogP contribution in [0.2, 0.25) is 10.0 Å². The third-order valence-corrected chi connectivity index (χ3v) is 7.37. The molecule has 1 saturated heterocycles. The summed E-state index contributed by atoms with van der Waals surface area (Å²) >= 11 is 12.0. The molecule has 1 atom stereocenters. The maximum Gasteiger partial charge on any atom is 0.338 e. The second-order valence-electron chi connectivity index (χ2n) is 7.17. The summed E-state index contributed by atoms with van der Waals surface area (Å²) < 4.78 is 31.8. The van der Waals surface area contributed by atoms with Gasteiger partial charge in [-0.1, -0.05) is 35.3 Å². The molecule has 1 heterocycles. The molecular formula is C21H22Cl2N2O5S. The van der Waals surface area contributed by atoms with Crippen molar-refractivity contribution in [2.24, 2.45) is 0 Å². The molecule has 0 radical (unpaired) electrons. The van der Waals surface area contributed by atoms with E-state index in [4.69, 9.17) is 27.9 Å². The molecule has 0 bridgehead atoms. The predicted octanol–water partition coefficient (Wildman–Crippen LogP) is 3.81. The highest BCUT2D eigenvalue weighted by molar-refractivity contribution is 7.89. The molecule has 2 aromatic carbocycles. The lowest BCUT2D eigenvalue weighted by Crippen LogP contribution is -2.31. The summed E-state index contributed by atoms with van der Waals surface area (Å²) in [5.41, 5.74) is 0.729. The van der Waals surface area contributed by atoms with Gasteiger partial charge >= 0.3 is 5.97 Å². The number of sulfonamides is 1. The largest absolute Gasteiger partial charge is 0.452 e. The van der Waals surface area contributed by atoms with Crippen LogP contribution in [0.3, 0.4) is 0 Å². The number of nitrogens with one attached hydrogen (secondary N) is 1.